The zero-order valence-corrected chi connectivity index (χ0v) is 13.8. The smallest absolute Gasteiger partial charge is 0.159 e. The molecule has 0 amide bonds. The molecule has 0 aromatic heterocycles. The van der Waals surface area contributed by atoms with Crippen LogP contribution in [0.1, 0.15) is 71.3 Å². The van der Waals surface area contributed by atoms with E-state index in [1.165, 1.54) is 24.8 Å². The van der Waals surface area contributed by atoms with E-state index in [0.29, 0.717) is 6.10 Å². The summed E-state index contributed by atoms with van der Waals surface area (Å²) in [5, 5.41) is 0. The summed E-state index contributed by atoms with van der Waals surface area (Å²) >= 11 is 0. The van der Waals surface area contributed by atoms with Gasteiger partial charge < -0.3 is 9.47 Å². The first-order valence-corrected chi connectivity index (χ1v) is 8.56. The molecule has 1 heterocycles. The van der Waals surface area contributed by atoms with E-state index >= 15 is 0 Å². The summed E-state index contributed by atoms with van der Waals surface area (Å²) in [6.45, 7) is 6.68. The predicted octanol–water partition coefficient (Wildman–Crippen LogP) is 5.41. The van der Waals surface area contributed by atoms with Crippen LogP contribution in [-0.2, 0) is 15.1 Å². The fourth-order valence-electron chi connectivity index (χ4n) is 3.14. The number of hydrogen-bond donors (Lipinski definition) is 0. The highest BCUT2D eigenvalue weighted by Crippen LogP contribution is 2.39. The number of hydrogen-bond acceptors (Lipinski definition) is 2. The van der Waals surface area contributed by atoms with Gasteiger partial charge in [-0.15, -0.1) is 0 Å². The molecule has 0 spiro atoms. The van der Waals surface area contributed by atoms with E-state index in [2.05, 4.69) is 51.1 Å². The van der Waals surface area contributed by atoms with Crippen LogP contribution in [0.3, 0.4) is 0 Å². The van der Waals surface area contributed by atoms with Crippen molar-refractivity contribution < 1.29 is 9.47 Å². The summed E-state index contributed by atoms with van der Waals surface area (Å²) in [5.74, 6) is 0. The maximum Gasteiger partial charge on any atom is 0.159 e. The van der Waals surface area contributed by atoms with Gasteiger partial charge in [0.2, 0.25) is 0 Å². The lowest BCUT2D eigenvalue weighted by atomic mass is 9.87. The maximum absolute atomic E-state index is 6.35. The van der Waals surface area contributed by atoms with Crippen molar-refractivity contribution in [3.8, 4) is 0 Å². The molecule has 118 valence electrons. The molecule has 2 nitrogen and oxygen atoms in total. The topological polar surface area (TPSA) is 18.5 Å². The van der Waals surface area contributed by atoms with Crippen LogP contribution in [0.15, 0.2) is 30.3 Å². The average molecular weight is 290 g/mol. The molecule has 0 radical (unpaired) electrons. The first-order chi connectivity index (χ1) is 10.2. The van der Waals surface area contributed by atoms with Gasteiger partial charge in [0.25, 0.3) is 0 Å². The molecule has 0 saturated carbocycles. The van der Waals surface area contributed by atoms with Gasteiger partial charge in [-0.1, -0.05) is 63.4 Å². The van der Waals surface area contributed by atoms with E-state index in [1.54, 1.807) is 0 Å². The second-order valence-corrected chi connectivity index (χ2v) is 6.39. The van der Waals surface area contributed by atoms with E-state index in [9.17, 15) is 0 Å². The highest BCUT2D eigenvalue weighted by atomic mass is 16.7. The van der Waals surface area contributed by atoms with Crippen molar-refractivity contribution in [2.75, 3.05) is 0 Å². The maximum atomic E-state index is 6.35. The van der Waals surface area contributed by atoms with Crippen LogP contribution in [0, 0.1) is 0 Å². The third-order valence-corrected chi connectivity index (χ3v) is 4.41. The van der Waals surface area contributed by atoms with E-state index < -0.39 is 0 Å². The Morgan fingerprint density at radius 3 is 2.38 bits per heavy atom. The molecule has 1 saturated heterocycles. The van der Waals surface area contributed by atoms with Crippen molar-refractivity contribution in [3.63, 3.8) is 0 Å². The molecule has 0 bridgehead atoms. The third-order valence-electron chi connectivity index (χ3n) is 4.41. The minimum atomic E-state index is -0.212. The molecule has 2 rings (SSSR count). The lowest BCUT2D eigenvalue weighted by Crippen LogP contribution is -2.44. The average Bonchev–Trinajstić information content (AvgIpc) is 2.51. The van der Waals surface area contributed by atoms with E-state index in [1.807, 2.05) is 0 Å². The van der Waals surface area contributed by atoms with Crippen LogP contribution in [0.4, 0.5) is 0 Å². The van der Waals surface area contributed by atoms with Crippen molar-refractivity contribution in [1.82, 2.24) is 0 Å². The molecule has 0 N–H and O–H groups in total. The number of benzene rings is 1. The minimum Gasteiger partial charge on any atom is -0.349 e. The molecule has 1 aromatic rings. The van der Waals surface area contributed by atoms with Gasteiger partial charge in [0.1, 0.15) is 0 Å². The normalized spacial score (nSPS) is 29.5. The molecule has 1 aliphatic rings. The monoisotopic (exact) mass is 290 g/mol. The van der Waals surface area contributed by atoms with Crippen molar-refractivity contribution in [2.24, 2.45) is 0 Å². The Hall–Kier alpha value is -0.860. The van der Waals surface area contributed by atoms with Crippen LogP contribution < -0.4 is 0 Å². The first-order valence-electron chi connectivity index (χ1n) is 8.56. The van der Waals surface area contributed by atoms with Crippen LogP contribution in [0.25, 0.3) is 0 Å². The van der Waals surface area contributed by atoms with Crippen LogP contribution >= 0.6 is 0 Å². The van der Waals surface area contributed by atoms with Crippen molar-refractivity contribution in [2.45, 2.75) is 83.7 Å². The van der Waals surface area contributed by atoms with Gasteiger partial charge in [0, 0.05) is 6.42 Å². The van der Waals surface area contributed by atoms with Crippen LogP contribution in [0.5, 0.6) is 0 Å². The second-order valence-electron chi connectivity index (χ2n) is 6.39. The molecule has 0 unspecified atom stereocenters. The van der Waals surface area contributed by atoms with Crippen molar-refractivity contribution in [1.29, 1.82) is 0 Å². The molecular weight excluding hydrogens is 260 g/mol. The van der Waals surface area contributed by atoms with Gasteiger partial charge in [-0.05, 0) is 31.7 Å². The highest BCUT2D eigenvalue weighted by molar-refractivity contribution is 5.22. The Morgan fingerprint density at radius 1 is 1.05 bits per heavy atom. The zero-order valence-electron chi connectivity index (χ0n) is 13.8. The summed E-state index contributed by atoms with van der Waals surface area (Å²) in [6.07, 6.45) is 8.18. The lowest BCUT2D eigenvalue weighted by molar-refractivity contribution is -0.285. The Bertz CT molecular complexity index is 385. The predicted molar refractivity (Wildman–Crippen MR) is 87.2 cm³/mol. The minimum absolute atomic E-state index is 0.0502. The molecule has 3 atom stereocenters. The Kier molecular flexibility index (Phi) is 6.25. The zero-order chi connectivity index (χ0) is 15.1. The summed E-state index contributed by atoms with van der Waals surface area (Å²) < 4.78 is 12.5. The molecule has 21 heavy (non-hydrogen) atoms. The highest BCUT2D eigenvalue weighted by Gasteiger charge is 2.39. The van der Waals surface area contributed by atoms with Crippen molar-refractivity contribution >= 4 is 0 Å². The molecule has 1 aliphatic heterocycles. The third kappa shape index (κ3) is 4.55. The SMILES string of the molecule is CCCC[C@@H]1C[C@](C)(c2ccccc2)O[C@H](CCCC)O1. The Labute approximate surface area is 129 Å². The molecule has 0 aliphatic carbocycles. The van der Waals surface area contributed by atoms with Gasteiger partial charge in [0.05, 0.1) is 11.7 Å². The van der Waals surface area contributed by atoms with Crippen LogP contribution in [-0.4, -0.2) is 12.4 Å². The van der Waals surface area contributed by atoms with Gasteiger partial charge in [-0.25, -0.2) is 0 Å². The quantitative estimate of drug-likeness (QED) is 0.668. The fraction of sp³-hybridized carbons (Fsp3) is 0.684. The number of ether oxygens (including phenoxy) is 2. The largest absolute Gasteiger partial charge is 0.349 e. The van der Waals surface area contributed by atoms with Gasteiger partial charge in [-0.2, -0.15) is 0 Å². The van der Waals surface area contributed by atoms with Gasteiger partial charge in [-0.3, -0.25) is 0 Å². The Balaban J connectivity index is 2.11. The lowest BCUT2D eigenvalue weighted by Gasteiger charge is -2.43. The second kappa shape index (κ2) is 7.95. The molecular formula is C19H30O2. The fourth-order valence-corrected chi connectivity index (χ4v) is 3.14. The first kappa shape index (κ1) is 16.5. The number of unbranched alkanes of at least 4 members (excludes halogenated alkanes) is 2. The van der Waals surface area contributed by atoms with Gasteiger partial charge >= 0.3 is 0 Å². The summed E-state index contributed by atoms with van der Waals surface area (Å²) in [7, 11) is 0. The summed E-state index contributed by atoms with van der Waals surface area (Å²) in [6, 6.07) is 10.6. The number of rotatable bonds is 7. The molecule has 2 heteroatoms. The van der Waals surface area contributed by atoms with Gasteiger partial charge in [0.15, 0.2) is 6.29 Å². The van der Waals surface area contributed by atoms with E-state index in [4.69, 9.17) is 9.47 Å². The van der Waals surface area contributed by atoms with E-state index in [-0.39, 0.29) is 11.9 Å². The Morgan fingerprint density at radius 2 is 1.71 bits per heavy atom. The van der Waals surface area contributed by atoms with Crippen LogP contribution in [0.2, 0.25) is 0 Å². The van der Waals surface area contributed by atoms with Crippen molar-refractivity contribution in [3.05, 3.63) is 35.9 Å². The summed E-state index contributed by atoms with van der Waals surface area (Å²) in [5.41, 5.74) is 1.06. The molecule has 1 aromatic carbocycles. The van der Waals surface area contributed by atoms with E-state index in [0.717, 1.165) is 25.7 Å². The standard InChI is InChI=1S/C19H30O2/c1-4-6-13-17-15-19(3,16-11-9-8-10-12-16)21-18(20-17)14-7-5-2/h8-12,17-18H,4-7,13-15H2,1-3H3/t17-,18-,19-/m1/s1. The molecule has 1 fully saturated rings. The summed E-state index contributed by atoms with van der Waals surface area (Å²) in [4.78, 5) is 0.